The number of rotatable bonds is 3. The number of carbonyl (C=O) groups is 1. The standard InChI is InChI=1S/C14H18O6/c1-8-10(15)12(11(16)14(18-2)19-8)20-13(17)9-6-4-3-5-7-9/h3-8,10-12,14-16H,1-2H3/t8-,10+,11-,12+,14+/m1/s1. The summed E-state index contributed by atoms with van der Waals surface area (Å²) in [5.41, 5.74) is 0.347. The van der Waals surface area contributed by atoms with Gasteiger partial charge in [-0.15, -0.1) is 0 Å². The van der Waals surface area contributed by atoms with E-state index in [1.807, 2.05) is 0 Å². The zero-order valence-corrected chi connectivity index (χ0v) is 11.3. The smallest absolute Gasteiger partial charge is 0.338 e. The molecule has 0 amide bonds. The molecule has 1 heterocycles. The maximum absolute atomic E-state index is 12.0. The molecule has 1 aliphatic rings. The van der Waals surface area contributed by atoms with Crippen molar-refractivity contribution >= 4 is 5.97 Å². The molecule has 1 fully saturated rings. The SMILES string of the molecule is CO[C@H]1O[C@H](C)[C@H](O)[C@H](OC(=O)c2ccccc2)[C@H]1O. The Morgan fingerprint density at radius 2 is 1.85 bits per heavy atom. The highest BCUT2D eigenvalue weighted by atomic mass is 16.7. The normalized spacial score (nSPS) is 33.7. The number of hydrogen-bond donors (Lipinski definition) is 2. The third-order valence-corrected chi connectivity index (χ3v) is 3.27. The molecule has 2 N–H and O–H groups in total. The molecule has 6 heteroatoms. The minimum Gasteiger partial charge on any atom is -0.453 e. The number of aliphatic hydroxyl groups is 2. The van der Waals surface area contributed by atoms with Crippen LogP contribution in [0.1, 0.15) is 17.3 Å². The topological polar surface area (TPSA) is 85.2 Å². The number of carbonyl (C=O) groups excluding carboxylic acids is 1. The van der Waals surface area contributed by atoms with Crippen molar-refractivity contribution in [3.8, 4) is 0 Å². The first-order valence-corrected chi connectivity index (χ1v) is 6.35. The second-order valence-corrected chi connectivity index (χ2v) is 4.66. The van der Waals surface area contributed by atoms with Gasteiger partial charge in [-0.05, 0) is 19.1 Å². The molecule has 110 valence electrons. The van der Waals surface area contributed by atoms with E-state index in [0.29, 0.717) is 5.56 Å². The fourth-order valence-corrected chi connectivity index (χ4v) is 2.10. The summed E-state index contributed by atoms with van der Waals surface area (Å²) in [7, 11) is 1.37. The van der Waals surface area contributed by atoms with Crippen molar-refractivity contribution in [3.63, 3.8) is 0 Å². The predicted octanol–water partition coefficient (Wildman–Crippen LogP) is 0.325. The highest BCUT2D eigenvalue weighted by Crippen LogP contribution is 2.24. The maximum Gasteiger partial charge on any atom is 0.338 e. The van der Waals surface area contributed by atoms with Crippen LogP contribution < -0.4 is 0 Å². The molecule has 0 bridgehead atoms. The quantitative estimate of drug-likeness (QED) is 0.777. The minimum absolute atomic E-state index is 0.347. The van der Waals surface area contributed by atoms with Gasteiger partial charge >= 0.3 is 5.97 Å². The van der Waals surface area contributed by atoms with Crippen molar-refractivity contribution in [1.82, 2.24) is 0 Å². The van der Waals surface area contributed by atoms with E-state index in [-0.39, 0.29) is 0 Å². The Morgan fingerprint density at radius 3 is 2.45 bits per heavy atom. The molecular weight excluding hydrogens is 264 g/mol. The summed E-state index contributed by atoms with van der Waals surface area (Å²) in [4.78, 5) is 12.0. The highest BCUT2D eigenvalue weighted by molar-refractivity contribution is 5.89. The lowest BCUT2D eigenvalue weighted by Crippen LogP contribution is -2.58. The molecule has 1 aliphatic heterocycles. The molecule has 20 heavy (non-hydrogen) atoms. The third kappa shape index (κ3) is 2.99. The van der Waals surface area contributed by atoms with Crippen LogP contribution in [0.25, 0.3) is 0 Å². The molecule has 5 atom stereocenters. The molecule has 6 nitrogen and oxygen atoms in total. The van der Waals surface area contributed by atoms with Crippen molar-refractivity contribution in [2.45, 2.75) is 37.6 Å². The number of ether oxygens (including phenoxy) is 3. The number of hydrogen-bond acceptors (Lipinski definition) is 6. The van der Waals surface area contributed by atoms with E-state index in [0.717, 1.165) is 0 Å². The summed E-state index contributed by atoms with van der Waals surface area (Å²) >= 11 is 0. The van der Waals surface area contributed by atoms with Crippen LogP contribution >= 0.6 is 0 Å². The Bertz CT molecular complexity index is 448. The van der Waals surface area contributed by atoms with Crippen LogP contribution in [0.2, 0.25) is 0 Å². The van der Waals surface area contributed by atoms with Crippen molar-refractivity contribution < 1.29 is 29.2 Å². The second-order valence-electron chi connectivity index (χ2n) is 4.66. The average Bonchev–Trinajstić information content (AvgIpc) is 2.48. The van der Waals surface area contributed by atoms with Gasteiger partial charge in [0.15, 0.2) is 12.4 Å². The summed E-state index contributed by atoms with van der Waals surface area (Å²) in [5.74, 6) is -0.613. The largest absolute Gasteiger partial charge is 0.453 e. The van der Waals surface area contributed by atoms with Gasteiger partial charge in [0.25, 0.3) is 0 Å². The van der Waals surface area contributed by atoms with Crippen molar-refractivity contribution in [1.29, 1.82) is 0 Å². The van der Waals surface area contributed by atoms with Crippen LogP contribution in [-0.2, 0) is 14.2 Å². The van der Waals surface area contributed by atoms with Gasteiger partial charge in [0.05, 0.1) is 11.7 Å². The molecule has 0 unspecified atom stereocenters. The van der Waals surface area contributed by atoms with Gasteiger partial charge in [0, 0.05) is 7.11 Å². The second kappa shape index (κ2) is 6.32. The van der Waals surface area contributed by atoms with Crippen LogP contribution in [-0.4, -0.2) is 54.0 Å². The zero-order chi connectivity index (χ0) is 14.7. The van der Waals surface area contributed by atoms with Gasteiger partial charge < -0.3 is 24.4 Å². The third-order valence-electron chi connectivity index (χ3n) is 3.27. The minimum atomic E-state index is -1.25. The van der Waals surface area contributed by atoms with Crippen LogP contribution in [0, 0.1) is 0 Å². The lowest BCUT2D eigenvalue weighted by Gasteiger charge is -2.40. The van der Waals surface area contributed by atoms with Gasteiger partial charge in [0.1, 0.15) is 12.2 Å². The Labute approximate surface area is 116 Å². The number of esters is 1. The van der Waals surface area contributed by atoms with E-state index >= 15 is 0 Å². The maximum atomic E-state index is 12.0. The van der Waals surface area contributed by atoms with Crippen LogP contribution in [0.4, 0.5) is 0 Å². The van der Waals surface area contributed by atoms with Gasteiger partial charge in [-0.1, -0.05) is 18.2 Å². The molecule has 0 aromatic heterocycles. The Balaban J connectivity index is 2.11. The van der Waals surface area contributed by atoms with E-state index in [1.165, 1.54) is 7.11 Å². The first kappa shape index (κ1) is 14.9. The molecule has 0 spiro atoms. The van der Waals surface area contributed by atoms with Gasteiger partial charge in [0.2, 0.25) is 0 Å². The van der Waals surface area contributed by atoms with Crippen molar-refractivity contribution in [2.75, 3.05) is 7.11 Å². The molecule has 1 aromatic carbocycles. The van der Waals surface area contributed by atoms with E-state index in [4.69, 9.17) is 14.2 Å². The molecule has 1 aromatic rings. The number of aliphatic hydroxyl groups excluding tert-OH is 2. The molecule has 0 radical (unpaired) electrons. The van der Waals surface area contributed by atoms with Crippen LogP contribution in [0.5, 0.6) is 0 Å². The summed E-state index contributed by atoms with van der Waals surface area (Å²) < 4.78 is 15.4. The average molecular weight is 282 g/mol. The molecule has 0 saturated carbocycles. The van der Waals surface area contributed by atoms with Crippen LogP contribution in [0.15, 0.2) is 30.3 Å². The monoisotopic (exact) mass is 282 g/mol. The molecular formula is C14H18O6. The Morgan fingerprint density at radius 1 is 1.20 bits per heavy atom. The Kier molecular flexibility index (Phi) is 4.72. The fraction of sp³-hybridized carbons (Fsp3) is 0.500. The van der Waals surface area contributed by atoms with Gasteiger partial charge in [-0.2, -0.15) is 0 Å². The number of methoxy groups -OCH3 is 1. The molecule has 0 aliphatic carbocycles. The summed E-state index contributed by atoms with van der Waals surface area (Å²) in [6.07, 6.45) is -5.03. The predicted molar refractivity (Wildman–Crippen MR) is 69.0 cm³/mol. The van der Waals surface area contributed by atoms with E-state index < -0.39 is 36.7 Å². The van der Waals surface area contributed by atoms with Gasteiger partial charge in [-0.25, -0.2) is 4.79 Å². The van der Waals surface area contributed by atoms with Gasteiger partial charge in [-0.3, -0.25) is 0 Å². The Hall–Kier alpha value is -1.47. The van der Waals surface area contributed by atoms with E-state index in [2.05, 4.69) is 0 Å². The van der Waals surface area contributed by atoms with E-state index in [9.17, 15) is 15.0 Å². The first-order chi connectivity index (χ1) is 9.54. The lowest BCUT2D eigenvalue weighted by molar-refractivity contribution is -0.285. The zero-order valence-electron chi connectivity index (χ0n) is 11.3. The molecule has 1 saturated heterocycles. The highest BCUT2D eigenvalue weighted by Gasteiger charge is 2.45. The van der Waals surface area contributed by atoms with Crippen LogP contribution in [0.3, 0.4) is 0 Å². The molecule has 2 rings (SSSR count). The summed E-state index contributed by atoms with van der Waals surface area (Å²) in [6.45, 7) is 1.62. The summed E-state index contributed by atoms with van der Waals surface area (Å²) in [6, 6.07) is 8.37. The summed E-state index contributed by atoms with van der Waals surface area (Å²) in [5, 5.41) is 20.0. The van der Waals surface area contributed by atoms with E-state index in [1.54, 1.807) is 37.3 Å². The first-order valence-electron chi connectivity index (χ1n) is 6.35. The fourth-order valence-electron chi connectivity index (χ4n) is 2.10. The number of benzene rings is 1. The lowest BCUT2D eigenvalue weighted by atomic mass is 9.99. The van der Waals surface area contributed by atoms with Crippen molar-refractivity contribution in [2.24, 2.45) is 0 Å². The van der Waals surface area contributed by atoms with Crippen molar-refractivity contribution in [3.05, 3.63) is 35.9 Å².